The Balaban J connectivity index is 2.30. The van der Waals surface area contributed by atoms with Gasteiger partial charge >= 0.3 is 0 Å². The summed E-state index contributed by atoms with van der Waals surface area (Å²) in [5.41, 5.74) is 0.774. The third kappa shape index (κ3) is 3.22. The molecule has 1 aromatic carbocycles. The van der Waals surface area contributed by atoms with Crippen molar-refractivity contribution in [3.8, 4) is 5.75 Å². The number of nitrogens with zero attached hydrogens (tertiary/aromatic N) is 1. The summed E-state index contributed by atoms with van der Waals surface area (Å²) in [5, 5.41) is 10.1. The molecule has 1 aliphatic carbocycles. The lowest BCUT2D eigenvalue weighted by Crippen LogP contribution is -2.46. The van der Waals surface area contributed by atoms with Crippen LogP contribution in [-0.2, 0) is 10.0 Å². The fourth-order valence-corrected chi connectivity index (χ4v) is 4.37. The van der Waals surface area contributed by atoms with Gasteiger partial charge in [0, 0.05) is 7.05 Å². The van der Waals surface area contributed by atoms with E-state index >= 15 is 0 Å². The number of sulfonamides is 1. The molecule has 0 unspecified atom stereocenters. The van der Waals surface area contributed by atoms with Gasteiger partial charge in [0.05, 0.1) is 24.2 Å². The highest BCUT2D eigenvalue weighted by molar-refractivity contribution is 7.89. The lowest BCUT2D eigenvalue weighted by atomic mass is 9.93. The lowest BCUT2D eigenvalue weighted by molar-refractivity contribution is 0.0638. The van der Waals surface area contributed by atoms with Crippen LogP contribution in [-0.4, -0.2) is 44.1 Å². The fraction of sp³-hybridized carbons (Fsp3) is 0.600. The van der Waals surface area contributed by atoms with Crippen molar-refractivity contribution in [2.24, 2.45) is 0 Å². The molecule has 2 rings (SSSR count). The number of rotatable bonds is 4. The first-order valence-electron chi connectivity index (χ1n) is 7.18. The van der Waals surface area contributed by atoms with E-state index in [0.717, 1.165) is 18.4 Å². The molecule has 118 valence electrons. The van der Waals surface area contributed by atoms with Crippen LogP contribution in [0, 0.1) is 6.92 Å². The van der Waals surface area contributed by atoms with Gasteiger partial charge in [-0.25, -0.2) is 8.42 Å². The van der Waals surface area contributed by atoms with Crippen molar-refractivity contribution in [3.05, 3.63) is 23.8 Å². The Labute approximate surface area is 126 Å². The summed E-state index contributed by atoms with van der Waals surface area (Å²) in [6.45, 7) is 1.81. The number of aryl methyl sites for hydroxylation is 1. The third-order valence-corrected chi connectivity index (χ3v) is 6.08. The predicted molar refractivity (Wildman–Crippen MR) is 80.9 cm³/mol. The van der Waals surface area contributed by atoms with E-state index in [0.29, 0.717) is 18.6 Å². The smallest absolute Gasteiger partial charge is 0.243 e. The Kier molecular flexibility index (Phi) is 4.91. The number of hydrogen-bond acceptors (Lipinski definition) is 4. The Morgan fingerprint density at radius 1 is 1.29 bits per heavy atom. The van der Waals surface area contributed by atoms with Crippen LogP contribution in [0.1, 0.15) is 31.2 Å². The van der Waals surface area contributed by atoms with Crippen molar-refractivity contribution in [1.29, 1.82) is 0 Å². The Bertz CT molecular complexity index is 600. The van der Waals surface area contributed by atoms with Gasteiger partial charge in [0.1, 0.15) is 5.75 Å². The summed E-state index contributed by atoms with van der Waals surface area (Å²) in [5.74, 6) is 0.661. The van der Waals surface area contributed by atoms with Crippen LogP contribution in [0.4, 0.5) is 0 Å². The molecule has 0 spiro atoms. The molecule has 1 aliphatic rings. The highest BCUT2D eigenvalue weighted by Crippen LogP contribution is 2.28. The van der Waals surface area contributed by atoms with E-state index in [-0.39, 0.29) is 10.9 Å². The van der Waals surface area contributed by atoms with Crippen molar-refractivity contribution in [1.82, 2.24) is 4.31 Å². The molecular weight excluding hydrogens is 290 g/mol. The highest BCUT2D eigenvalue weighted by Gasteiger charge is 2.34. The molecule has 0 radical (unpaired) electrons. The first kappa shape index (κ1) is 16.3. The first-order chi connectivity index (χ1) is 9.87. The Hall–Kier alpha value is -1.11. The van der Waals surface area contributed by atoms with E-state index < -0.39 is 16.1 Å². The Morgan fingerprint density at radius 3 is 2.52 bits per heavy atom. The average molecular weight is 313 g/mol. The van der Waals surface area contributed by atoms with Crippen LogP contribution in [0.2, 0.25) is 0 Å². The molecule has 5 nitrogen and oxygen atoms in total. The molecule has 1 aromatic rings. The number of likely N-dealkylation sites (N-methyl/N-ethyl adjacent to an activating group) is 1. The number of aliphatic hydroxyl groups is 1. The molecule has 2 atom stereocenters. The number of hydrogen-bond donors (Lipinski definition) is 1. The van der Waals surface area contributed by atoms with Gasteiger partial charge in [-0.1, -0.05) is 12.8 Å². The first-order valence-corrected chi connectivity index (χ1v) is 8.62. The van der Waals surface area contributed by atoms with Gasteiger partial charge < -0.3 is 9.84 Å². The molecule has 1 saturated carbocycles. The van der Waals surface area contributed by atoms with Crippen molar-refractivity contribution in [3.63, 3.8) is 0 Å². The zero-order valence-electron chi connectivity index (χ0n) is 12.7. The van der Waals surface area contributed by atoms with E-state index in [9.17, 15) is 13.5 Å². The minimum absolute atomic E-state index is 0.237. The van der Waals surface area contributed by atoms with Gasteiger partial charge in [-0.15, -0.1) is 0 Å². The summed E-state index contributed by atoms with van der Waals surface area (Å²) in [6.07, 6.45) is 2.67. The molecule has 0 saturated heterocycles. The van der Waals surface area contributed by atoms with Crippen molar-refractivity contribution in [2.45, 2.75) is 49.6 Å². The van der Waals surface area contributed by atoms with Crippen LogP contribution >= 0.6 is 0 Å². The summed E-state index contributed by atoms with van der Waals surface area (Å²) in [7, 11) is -0.495. The van der Waals surface area contributed by atoms with Crippen molar-refractivity contribution >= 4 is 10.0 Å². The summed E-state index contributed by atoms with van der Waals surface area (Å²) in [6, 6.07) is 4.48. The van der Waals surface area contributed by atoms with Crippen LogP contribution < -0.4 is 4.74 Å². The molecule has 21 heavy (non-hydrogen) atoms. The molecule has 6 heteroatoms. The molecule has 1 fully saturated rings. The van der Waals surface area contributed by atoms with Crippen LogP contribution in [0.25, 0.3) is 0 Å². The van der Waals surface area contributed by atoms with Crippen LogP contribution in [0.15, 0.2) is 23.1 Å². The second-order valence-corrected chi connectivity index (χ2v) is 7.57. The van der Waals surface area contributed by atoms with E-state index in [2.05, 4.69) is 0 Å². The van der Waals surface area contributed by atoms with Gasteiger partial charge in [0.2, 0.25) is 10.0 Å². The van der Waals surface area contributed by atoms with E-state index in [4.69, 9.17) is 4.74 Å². The fourth-order valence-electron chi connectivity index (χ4n) is 2.87. The maximum absolute atomic E-state index is 12.7. The van der Waals surface area contributed by atoms with Gasteiger partial charge in [0.25, 0.3) is 0 Å². The van der Waals surface area contributed by atoms with E-state index in [1.807, 2.05) is 6.92 Å². The molecule has 0 aromatic heterocycles. The number of aliphatic hydroxyl groups excluding tert-OH is 1. The summed E-state index contributed by atoms with van der Waals surface area (Å²) < 4.78 is 31.9. The second-order valence-electron chi connectivity index (χ2n) is 5.57. The monoisotopic (exact) mass is 313 g/mol. The summed E-state index contributed by atoms with van der Waals surface area (Å²) in [4.78, 5) is 0.237. The largest absolute Gasteiger partial charge is 0.496 e. The van der Waals surface area contributed by atoms with Gasteiger partial charge in [-0.05, 0) is 43.5 Å². The predicted octanol–water partition coefficient (Wildman–Crippen LogP) is 1.93. The molecule has 0 amide bonds. The molecule has 1 N–H and O–H groups in total. The van der Waals surface area contributed by atoms with E-state index in [1.165, 1.54) is 4.31 Å². The van der Waals surface area contributed by atoms with Gasteiger partial charge in [0.15, 0.2) is 0 Å². The number of benzene rings is 1. The SMILES string of the molecule is COc1ccc(S(=O)(=O)N(C)[C@H]2CCCC[C@@H]2O)cc1C. The zero-order valence-corrected chi connectivity index (χ0v) is 13.6. The van der Waals surface area contributed by atoms with Crippen LogP contribution in [0.5, 0.6) is 5.75 Å². The van der Waals surface area contributed by atoms with Gasteiger partial charge in [-0.2, -0.15) is 4.31 Å². The standard InChI is InChI=1S/C15H23NO4S/c1-11-10-12(8-9-15(11)20-3)21(18,19)16(2)13-6-4-5-7-14(13)17/h8-10,13-14,17H,4-7H2,1-3H3/t13-,14-/m0/s1. The Morgan fingerprint density at radius 2 is 1.95 bits per heavy atom. The minimum atomic E-state index is -3.60. The van der Waals surface area contributed by atoms with Crippen LogP contribution in [0.3, 0.4) is 0 Å². The molecule has 0 heterocycles. The lowest BCUT2D eigenvalue weighted by Gasteiger charge is -2.34. The number of methoxy groups -OCH3 is 1. The normalized spacial score (nSPS) is 23.3. The second kappa shape index (κ2) is 6.34. The molecule has 0 bridgehead atoms. The molecular formula is C15H23NO4S. The maximum Gasteiger partial charge on any atom is 0.243 e. The summed E-state index contributed by atoms with van der Waals surface area (Å²) >= 11 is 0. The number of ether oxygens (including phenoxy) is 1. The minimum Gasteiger partial charge on any atom is -0.496 e. The average Bonchev–Trinajstić information content (AvgIpc) is 2.47. The zero-order chi connectivity index (χ0) is 15.6. The topological polar surface area (TPSA) is 66.8 Å². The maximum atomic E-state index is 12.7. The molecule has 0 aliphatic heterocycles. The quantitative estimate of drug-likeness (QED) is 0.922. The third-order valence-electron chi connectivity index (χ3n) is 4.20. The highest BCUT2D eigenvalue weighted by atomic mass is 32.2. The van der Waals surface area contributed by atoms with E-state index in [1.54, 1.807) is 32.4 Å². The van der Waals surface area contributed by atoms with Crippen molar-refractivity contribution in [2.75, 3.05) is 14.2 Å². The van der Waals surface area contributed by atoms with Gasteiger partial charge in [-0.3, -0.25) is 0 Å². The van der Waals surface area contributed by atoms with Crippen molar-refractivity contribution < 1.29 is 18.3 Å².